The minimum atomic E-state index is -0.162. The van der Waals surface area contributed by atoms with E-state index in [0.29, 0.717) is 30.3 Å². The molecule has 1 aromatic rings. The number of benzene rings is 1. The van der Waals surface area contributed by atoms with E-state index in [0.717, 1.165) is 0 Å². The third-order valence-corrected chi connectivity index (χ3v) is 3.20. The highest BCUT2D eigenvalue weighted by atomic mass is 16.2. The zero-order valence-corrected chi connectivity index (χ0v) is 10.3. The summed E-state index contributed by atoms with van der Waals surface area (Å²) in [6.45, 7) is 3.28. The molecule has 18 heavy (non-hydrogen) atoms. The Hall–Kier alpha value is -2.06. The number of nitrogens with zero attached hydrogens (tertiary/aromatic N) is 2. The molecule has 2 amide bonds. The van der Waals surface area contributed by atoms with Crippen LogP contribution in [-0.4, -0.2) is 30.1 Å². The summed E-state index contributed by atoms with van der Waals surface area (Å²) in [5.74, 6) is 0.321. The van der Waals surface area contributed by atoms with Crippen molar-refractivity contribution in [1.82, 2.24) is 4.90 Å². The van der Waals surface area contributed by atoms with Gasteiger partial charge in [-0.2, -0.15) is 5.26 Å². The van der Waals surface area contributed by atoms with Gasteiger partial charge in [-0.25, -0.2) is 4.79 Å². The Morgan fingerprint density at radius 1 is 1.56 bits per heavy atom. The first-order valence-corrected chi connectivity index (χ1v) is 5.92. The summed E-state index contributed by atoms with van der Waals surface area (Å²) in [6, 6.07) is 8.77. The third kappa shape index (κ3) is 2.60. The van der Waals surface area contributed by atoms with Gasteiger partial charge in [-0.3, -0.25) is 0 Å². The van der Waals surface area contributed by atoms with Crippen LogP contribution in [0, 0.1) is 17.2 Å². The molecule has 0 aromatic heterocycles. The molecule has 1 aromatic carbocycles. The first kappa shape index (κ1) is 12.4. The summed E-state index contributed by atoms with van der Waals surface area (Å²) in [4.78, 5) is 13.7. The molecular formula is C13H16N4O. The third-order valence-electron chi connectivity index (χ3n) is 3.20. The number of urea groups is 1. The highest BCUT2D eigenvalue weighted by molar-refractivity contribution is 5.89. The largest absolute Gasteiger partial charge is 0.326 e. The fourth-order valence-corrected chi connectivity index (χ4v) is 2.03. The van der Waals surface area contributed by atoms with Gasteiger partial charge in [-0.15, -0.1) is 0 Å². The minimum absolute atomic E-state index is 0.0428. The molecule has 0 bridgehead atoms. The average Bonchev–Trinajstić information content (AvgIpc) is 2.70. The Morgan fingerprint density at radius 3 is 2.94 bits per heavy atom. The summed E-state index contributed by atoms with van der Waals surface area (Å²) >= 11 is 0. The molecule has 1 heterocycles. The van der Waals surface area contributed by atoms with Crippen molar-refractivity contribution in [2.75, 3.05) is 18.4 Å². The van der Waals surface area contributed by atoms with Gasteiger partial charge >= 0.3 is 6.03 Å². The van der Waals surface area contributed by atoms with Crippen molar-refractivity contribution in [2.45, 2.75) is 13.0 Å². The summed E-state index contributed by atoms with van der Waals surface area (Å²) in [7, 11) is 0. The van der Waals surface area contributed by atoms with Crippen molar-refractivity contribution >= 4 is 11.7 Å². The fraction of sp³-hybridized carbons (Fsp3) is 0.385. The molecule has 3 N–H and O–H groups in total. The van der Waals surface area contributed by atoms with Gasteiger partial charge in [0.25, 0.3) is 0 Å². The predicted molar refractivity (Wildman–Crippen MR) is 68.9 cm³/mol. The number of hydrogen-bond acceptors (Lipinski definition) is 3. The highest BCUT2D eigenvalue weighted by Gasteiger charge is 2.29. The van der Waals surface area contributed by atoms with Crippen LogP contribution in [0.25, 0.3) is 0 Å². The lowest BCUT2D eigenvalue weighted by Gasteiger charge is -2.16. The van der Waals surface area contributed by atoms with E-state index >= 15 is 0 Å². The zero-order chi connectivity index (χ0) is 13.1. The molecule has 2 unspecified atom stereocenters. The molecule has 0 saturated carbocycles. The van der Waals surface area contributed by atoms with E-state index < -0.39 is 0 Å². The maximum Gasteiger partial charge on any atom is 0.321 e. The fourth-order valence-electron chi connectivity index (χ4n) is 2.03. The molecule has 0 spiro atoms. The normalized spacial score (nSPS) is 22.6. The minimum Gasteiger partial charge on any atom is -0.326 e. The second-order valence-corrected chi connectivity index (χ2v) is 4.67. The lowest BCUT2D eigenvalue weighted by atomic mass is 10.1. The quantitative estimate of drug-likeness (QED) is 0.782. The van der Waals surface area contributed by atoms with Gasteiger partial charge < -0.3 is 16.0 Å². The number of rotatable bonds is 1. The lowest BCUT2D eigenvalue weighted by Crippen LogP contribution is -2.35. The van der Waals surface area contributed by atoms with E-state index in [1.165, 1.54) is 0 Å². The van der Waals surface area contributed by atoms with E-state index in [1.807, 2.05) is 13.0 Å². The van der Waals surface area contributed by atoms with Gasteiger partial charge in [-0.05, 0) is 24.1 Å². The highest BCUT2D eigenvalue weighted by Crippen LogP contribution is 2.16. The number of nitrogens with two attached hydrogens (primary N) is 1. The van der Waals surface area contributed by atoms with Crippen molar-refractivity contribution in [2.24, 2.45) is 11.7 Å². The number of nitrogens with one attached hydrogen (secondary N) is 1. The molecule has 0 aliphatic carbocycles. The number of carbonyl (C=O) groups is 1. The van der Waals surface area contributed by atoms with Crippen LogP contribution in [0.5, 0.6) is 0 Å². The predicted octanol–water partition coefficient (Wildman–Crippen LogP) is 1.37. The molecular weight excluding hydrogens is 228 g/mol. The van der Waals surface area contributed by atoms with Crippen molar-refractivity contribution < 1.29 is 4.79 Å². The van der Waals surface area contributed by atoms with E-state index in [-0.39, 0.29) is 12.1 Å². The van der Waals surface area contributed by atoms with Gasteiger partial charge in [-0.1, -0.05) is 13.0 Å². The summed E-state index contributed by atoms with van der Waals surface area (Å²) < 4.78 is 0. The maximum atomic E-state index is 12.0. The van der Waals surface area contributed by atoms with Gasteiger partial charge in [0.15, 0.2) is 0 Å². The van der Waals surface area contributed by atoms with Gasteiger partial charge in [0.2, 0.25) is 0 Å². The molecule has 1 aliphatic heterocycles. The van der Waals surface area contributed by atoms with Crippen molar-refractivity contribution in [1.29, 1.82) is 5.26 Å². The smallest absolute Gasteiger partial charge is 0.321 e. The Balaban J connectivity index is 2.01. The van der Waals surface area contributed by atoms with E-state index in [2.05, 4.69) is 5.32 Å². The summed E-state index contributed by atoms with van der Waals surface area (Å²) in [5.41, 5.74) is 7.04. The molecule has 5 nitrogen and oxygen atoms in total. The number of carbonyl (C=O) groups excluding carboxylic acids is 1. The summed E-state index contributed by atoms with van der Waals surface area (Å²) in [6.07, 6.45) is 0. The van der Waals surface area contributed by atoms with E-state index in [4.69, 9.17) is 11.0 Å². The van der Waals surface area contributed by atoms with E-state index in [9.17, 15) is 4.79 Å². The zero-order valence-electron chi connectivity index (χ0n) is 10.3. The van der Waals surface area contributed by atoms with Crippen LogP contribution in [-0.2, 0) is 0 Å². The number of hydrogen-bond donors (Lipinski definition) is 2. The van der Waals surface area contributed by atoms with Gasteiger partial charge in [0.05, 0.1) is 11.6 Å². The lowest BCUT2D eigenvalue weighted by molar-refractivity contribution is 0.221. The Kier molecular flexibility index (Phi) is 3.49. The van der Waals surface area contributed by atoms with E-state index in [1.54, 1.807) is 29.2 Å². The van der Waals surface area contributed by atoms with Crippen LogP contribution in [0.3, 0.4) is 0 Å². The molecule has 2 atom stereocenters. The molecule has 1 fully saturated rings. The topological polar surface area (TPSA) is 82.2 Å². The summed E-state index contributed by atoms with van der Waals surface area (Å²) in [5, 5.41) is 11.6. The monoisotopic (exact) mass is 244 g/mol. The standard InChI is InChI=1S/C13H16N4O/c1-9-7-17(8-12(9)15)13(18)16-11-4-2-3-10(5-11)6-14/h2-5,9,12H,7-8,15H2,1H3,(H,16,18). The first-order chi connectivity index (χ1) is 8.60. The van der Waals surface area contributed by atoms with Crippen molar-refractivity contribution in [3.8, 4) is 6.07 Å². The van der Waals surface area contributed by atoms with Crippen LogP contribution >= 0.6 is 0 Å². The molecule has 1 saturated heterocycles. The number of amides is 2. The Bertz CT molecular complexity index is 484. The molecule has 94 valence electrons. The SMILES string of the molecule is CC1CN(C(=O)Nc2cccc(C#N)c2)CC1N. The van der Waals surface area contributed by atoms with Crippen LogP contribution in [0.4, 0.5) is 10.5 Å². The number of likely N-dealkylation sites (tertiary alicyclic amines) is 1. The van der Waals surface area contributed by atoms with Crippen molar-refractivity contribution in [3.63, 3.8) is 0 Å². The molecule has 0 radical (unpaired) electrons. The maximum absolute atomic E-state index is 12.0. The number of nitriles is 1. The van der Waals surface area contributed by atoms with Crippen molar-refractivity contribution in [3.05, 3.63) is 29.8 Å². The molecule has 1 aliphatic rings. The second kappa shape index (κ2) is 5.07. The average molecular weight is 244 g/mol. The Labute approximate surface area is 106 Å². The van der Waals surface area contributed by atoms with Gasteiger partial charge in [0.1, 0.15) is 0 Å². The first-order valence-electron chi connectivity index (χ1n) is 5.92. The number of anilines is 1. The van der Waals surface area contributed by atoms with Crippen LogP contribution < -0.4 is 11.1 Å². The van der Waals surface area contributed by atoms with Crippen LogP contribution in [0.15, 0.2) is 24.3 Å². The van der Waals surface area contributed by atoms with Gasteiger partial charge in [0, 0.05) is 24.8 Å². The van der Waals surface area contributed by atoms with Crippen LogP contribution in [0.1, 0.15) is 12.5 Å². The molecule has 5 heteroatoms. The second-order valence-electron chi connectivity index (χ2n) is 4.67. The van der Waals surface area contributed by atoms with Crippen LogP contribution in [0.2, 0.25) is 0 Å². The Morgan fingerprint density at radius 2 is 2.33 bits per heavy atom. The molecule has 2 rings (SSSR count).